The van der Waals surface area contributed by atoms with Crippen molar-refractivity contribution in [2.75, 3.05) is 6.54 Å². The zero-order valence-corrected chi connectivity index (χ0v) is 17.6. The lowest BCUT2D eigenvalue weighted by Crippen LogP contribution is -2.40. The summed E-state index contributed by atoms with van der Waals surface area (Å²) in [6.45, 7) is 0.730. The molecule has 0 saturated carbocycles. The van der Waals surface area contributed by atoms with Gasteiger partial charge in [0.05, 0.1) is 5.69 Å². The molecule has 0 radical (unpaired) electrons. The fourth-order valence-electron chi connectivity index (χ4n) is 4.75. The molecule has 1 N–H and O–H groups in total. The largest absolute Gasteiger partial charge is 0.356 e. The van der Waals surface area contributed by atoms with E-state index < -0.39 is 0 Å². The predicted molar refractivity (Wildman–Crippen MR) is 124 cm³/mol. The Balaban J connectivity index is 1.36. The van der Waals surface area contributed by atoms with Crippen LogP contribution >= 0.6 is 0 Å². The van der Waals surface area contributed by atoms with E-state index in [4.69, 9.17) is 0 Å². The third kappa shape index (κ3) is 3.98. The van der Waals surface area contributed by atoms with Crippen molar-refractivity contribution in [2.24, 2.45) is 0 Å². The number of benzene rings is 2. The minimum absolute atomic E-state index is 0.154. The molecule has 2 aromatic heterocycles. The Morgan fingerprint density at radius 1 is 0.968 bits per heavy atom. The lowest BCUT2D eigenvalue weighted by molar-refractivity contribution is -0.133. The van der Waals surface area contributed by atoms with Gasteiger partial charge in [0.15, 0.2) is 0 Å². The summed E-state index contributed by atoms with van der Waals surface area (Å²) in [4.78, 5) is 23.6. The highest BCUT2D eigenvalue weighted by atomic mass is 16.2. The molecular formula is C27H27N3O. The summed E-state index contributed by atoms with van der Waals surface area (Å²) in [6, 6.07) is 24.7. The van der Waals surface area contributed by atoms with Gasteiger partial charge in [0.2, 0.25) is 5.91 Å². The molecule has 0 bridgehead atoms. The zero-order valence-electron chi connectivity index (χ0n) is 17.6. The van der Waals surface area contributed by atoms with E-state index in [-0.39, 0.29) is 11.9 Å². The van der Waals surface area contributed by atoms with Crippen LogP contribution < -0.4 is 0 Å². The van der Waals surface area contributed by atoms with Crippen LogP contribution in [0.1, 0.15) is 47.8 Å². The second kappa shape index (κ2) is 8.76. The molecule has 4 nitrogen and oxygen atoms in total. The maximum Gasteiger partial charge on any atom is 0.223 e. The quantitative estimate of drug-likeness (QED) is 0.431. The van der Waals surface area contributed by atoms with Gasteiger partial charge in [-0.3, -0.25) is 9.78 Å². The first-order chi connectivity index (χ1) is 15.3. The highest BCUT2D eigenvalue weighted by Crippen LogP contribution is 2.38. The van der Waals surface area contributed by atoms with Crippen LogP contribution in [0, 0.1) is 0 Å². The second-order valence-corrected chi connectivity index (χ2v) is 8.25. The number of unbranched alkanes of at least 4 members (excludes halogenated alkanes) is 1. The molecule has 1 aliphatic heterocycles. The first kappa shape index (κ1) is 19.6. The Bertz CT molecular complexity index is 1170. The minimum atomic E-state index is -0.154. The molecule has 156 valence electrons. The van der Waals surface area contributed by atoms with Crippen molar-refractivity contribution in [1.29, 1.82) is 0 Å². The van der Waals surface area contributed by atoms with E-state index in [1.807, 2.05) is 35.4 Å². The van der Waals surface area contributed by atoms with Gasteiger partial charge in [-0.2, -0.15) is 0 Å². The molecule has 0 fully saturated rings. The van der Waals surface area contributed by atoms with Gasteiger partial charge in [-0.25, -0.2) is 0 Å². The van der Waals surface area contributed by atoms with E-state index >= 15 is 0 Å². The first-order valence-corrected chi connectivity index (χ1v) is 11.1. The van der Waals surface area contributed by atoms with Gasteiger partial charge in [0.25, 0.3) is 0 Å². The Labute approximate surface area is 182 Å². The number of amides is 1. The van der Waals surface area contributed by atoms with Crippen LogP contribution in [0.4, 0.5) is 0 Å². The van der Waals surface area contributed by atoms with E-state index in [2.05, 4.69) is 58.5 Å². The van der Waals surface area contributed by atoms with Crippen molar-refractivity contribution in [2.45, 2.75) is 38.1 Å². The molecule has 3 heterocycles. The molecular weight excluding hydrogens is 382 g/mol. The van der Waals surface area contributed by atoms with Crippen molar-refractivity contribution in [1.82, 2.24) is 14.9 Å². The number of nitrogens with one attached hydrogen (secondary N) is 1. The van der Waals surface area contributed by atoms with Crippen molar-refractivity contribution >= 4 is 16.8 Å². The fraction of sp³-hybridized carbons (Fsp3) is 0.259. The van der Waals surface area contributed by atoms with Crippen LogP contribution in [0.3, 0.4) is 0 Å². The van der Waals surface area contributed by atoms with E-state index in [9.17, 15) is 4.79 Å². The number of aromatic nitrogens is 2. The molecule has 1 unspecified atom stereocenters. The average molecular weight is 410 g/mol. The number of para-hydroxylation sites is 1. The molecule has 5 rings (SSSR count). The van der Waals surface area contributed by atoms with Crippen LogP contribution in [-0.4, -0.2) is 27.3 Å². The number of carbonyl (C=O) groups excluding carboxylic acids is 1. The number of aryl methyl sites for hydroxylation is 1. The summed E-state index contributed by atoms with van der Waals surface area (Å²) >= 11 is 0. The second-order valence-electron chi connectivity index (χ2n) is 8.25. The number of fused-ring (bicyclic) bond motifs is 3. The molecule has 2 aromatic carbocycles. The number of pyridine rings is 1. The summed E-state index contributed by atoms with van der Waals surface area (Å²) in [5, 5.41) is 1.26. The number of H-pyrrole nitrogens is 1. The average Bonchev–Trinajstić information content (AvgIpc) is 3.21. The van der Waals surface area contributed by atoms with Gasteiger partial charge in [0.1, 0.15) is 6.04 Å². The van der Waals surface area contributed by atoms with Gasteiger partial charge in [-0.15, -0.1) is 0 Å². The molecule has 0 saturated heterocycles. The summed E-state index contributed by atoms with van der Waals surface area (Å²) in [5.41, 5.74) is 5.82. The minimum Gasteiger partial charge on any atom is -0.356 e. The van der Waals surface area contributed by atoms with Crippen LogP contribution in [-0.2, 0) is 17.6 Å². The normalized spacial score (nSPS) is 15.7. The van der Waals surface area contributed by atoms with Gasteiger partial charge in [0, 0.05) is 35.8 Å². The molecule has 1 atom stereocenters. The van der Waals surface area contributed by atoms with Crippen molar-refractivity contribution in [3.63, 3.8) is 0 Å². The Morgan fingerprint density at radius 3 is 2.61 bits per heavy atom. The maximum atomic E-state index is 13.3. The molecule has 4 heteroatoms. The number of nitrogens with zero attached hydrogens (tertiary/aromatic N) is 2. The summed E-state index contributed by atoms with van der Waals surface area (Å²) < 4.78 is 0. The van der Waals surface area contributed by atoms with Crippen molar-refractivity contribution in [3.05, 3.63) is 102 Å². The zero-order chi connectivity index (χ0) is 21.0. The number of hydrogen-bond acceptors (Lipinski definition) is 2. The third-order valence-corrected chi connectivity index (χ3v) is 6.27. The van der Waals surface area contributed by atoms with Gasteiger partial charge >= 0.3 is 0 Å². The first-order valence-electron chi connectivity index (χ1n) is 11.1. The predicted octanol–water partition coefficient (Wildman–Crippen LogP) is 5.45. The summed E-state index contributed by atoms with van der Waals surface area (Å²) in [5.74, 6) is 0.216. The standard InChI is InChI=1S/C27H27N3O/c31-25(16-7-4-12-20-10-2-1-3-11-20)30-19-17-22-21-13-5-6-14-23(21)29-26(22)27(30)24-15-8-9-18-28-24/h1-3,5-6,8-11,13-15,18,27,29H,4,7,12,16-17,19H2. The fourth-order valence-corrected chi connectivity index (χ4v) is 4.75. The van der Waals surface area contributed by atoms with Crippen LogP contribution in [0.15, 0.2) is 79.0 Å². The molecule has 0 aliphatic carbocycles. The molecule has 0 spiro atoms. The van der Waals surface area contributed by atoms with Gasteiger partial charge in [-0.1, -0.05) is 54.6 Å². The summed E-state index contributed by atoms with van der Waals surface area (Å²) in [7, 11) is 0. The molecule has 4 aromatic rings. The monoisotopic (exact) mass is 409 g/mol. The van der Waals surface area contributed by atoms with Crippen LogP contribution in [0.2, 0.25) is 0 Å². The lowest BCUT2D eigenvalue weighted by atomic mass is 9.94. The van der Waals surface area contributed by atoms with E-state index in [0.717, 1.165) is 49.1 Å². The number of carbonyl (C=O) groups is 1. The third-order valence-electron chi connectivity index (χ3n) is 6.27. The van der Waals surface area contributed by atoms with E-state index in [1.165, 1.54) is 16.5 Å². The van der Waals surface area contributed by atoms with E-state index in [1.54, 1.807) is 0 Å². The lowest BCUT2D eigenvalue weighted by Gasteiger charge is -2.35. The maximum absolute atomic E-state index is 13.3. The topological polar surface area (TPSA) is 49.0 Å². The van der Waals surface area contributed by atoms with Gasteiger partial charge < -0.3 is 9.88 Å². The van der Waals surface area contributed by atoms with Crippen LogP contribution in [0.25, 0.3) is 10.9 Å². The number of hydrogen-bond donors (Lipinski definition) is 1. The Kier molecular flexibility index (Phi) is 5.53. The number of rotatable bonds is 6. The van der Waals surface area contributed by atoms with Gasteiger partial charge in [-0.05, 0) is 55.0 Å². The summed E-state index contributed by atoms with van der Waals surface area (Å²) in [6.07, 6.45) is 6.21. The smallest absolute Gasteiger partial charge is 0.223 e. The Morgan fingerprint density at radius 2 is 1.77 bits per heavy atom. The molecule has 1 aliphatic rings. The molecule has 1 amide bonds. The molecule has 31 heavy (non-hydrogen) atoms. The van der Waals surface area contributed by atoms with E-state index in [0.29, 0.717) is 6.42 Å². The van der Waals surface area contributed by atoms with Crippen molar-refractivity contribution < 1.29 is 4.79 Å². The SMILES string of the molecule is O=C(CCCCc1ccccc1)N1CCc2c([nH]c3ccccc23)C1c1ccccn1. The van der Waals surface area contributed by atoms with Crippen molar-refractivity contribution in [3.8, 4) is 0 Å². The van der Waals surface area contributed by atoms with Crippen LogP contribution in [0.5, 0.6) is 0 Å². The highest BCUT2D eigenvalue weighted by molar-refractivity contribution is 5.86. The number of aromatic amines is 1. The Hall–Kier alpha value is -3.40. The highest BCUT2D eigenvalue weighted by Gasteiger charge is 2.34.